The van der Waals surface area contributed by atoms with Gasteiger partial charge >= 0.3 is 0 Å². The van der Waals surface area contributed by atoms with Crippen LogP contribution in [0.25, 0.3) is 0 Å². The van der Waals surface area contributed by atoms with E-state index in [9.17, 15) is 14.3 Å². The number of aryl methyl sites for hydroxylation is 1. The molecule has 3 aromatic rings. The van der Waals surface area contributed by atoms with Crippen molar-refractivity contribution in [3.8, 4) is 0 Å². The van der Waals surface area contributed by atoms with Gasteiger partial charge in [-0.05, 0) is 54.8 Å². The van der Waals surface area contributed by atoms with Gasteiger partial charge in [-0.15, -0.1) is 0 Å². The second kappa shape index (κ2) is 9.94. The summed E-state index contributed by atoms with van der Waals surface area (Å²) in [6.07, 6.45) is 0. The number of benzene rings is 3. The maximum Gasteiger partial charge on any atom is 0.167 e. The van der Waals surface area contributed by atoms with E-state index in [1.165, 1.54) is 24.3 Å². The first-order valence-corrected chi connectivity index (χ1v) is 11.3. The van der Waals surface area contributed by atoms with Gasteiger partial charge < -0.3 is 5.11 Å². The number of aliphatic hydroxyl groups is 1. The van der Waals surface area contributed by atoms with E-state index in [0.29, 0.717) is 30.8 Å². The average molecular weight is 449 g/mol. The molecule has 1 radical (unpaired) electrons. The first kappa shape index (κ1) is 23.3. The summed E-state index contributed by atoms with van der Waals surface area (Å²) >= 11 is 0. The number of ketones is 1. The van der Waals surface area contributed by atoms with E-state index in [1.54, 1.807) is 18.2 Å². The monoisotopic (exact) mass is 448 g/mol. The second-order valence-corrected chi connectivity index (χ2v) is 8.82. The van der Waals surface area contributed by atoms with Crippen molar-refractivity contribution in [1.29, 1.82) is 0 Å². The van der Waals surface area contributed by atoms with Crippen molar-refractivity contribution in [2.75, 3.05) is 26.2 Å². The van der Waals surface area contributed by atoms with Crippen molar-refractivity contribution in [2.45, 2.75) is 25.7 Å². The molecule has 0 bridgehead atoms. The molecule has 5 heteroatoms. The SMILES string of the molecule is Cc1cccc([C@@H]2[C@@H](C(=O)c3cccc(F)c3)CN(CCO)C[C@@H]2c2[c]cccc2F)c1C. The highest BCUT2D eigenvalue weighted by Gasteiger charge is 2.43. The van der Waals surface area contributed by atoms with Crippen LogP contribution in [0.1, 0.15) is 44.4 Å². The smallest absolute Gasteiger partial charge is 0.167 e. The number of hydrogen-bond acceptors (Lipinski definition) is 3. The molecule has 1 heterocycles. The number of carbonyl (C=O) groups is 1. The van der Waals surface area contributed by atoms with Gasteiger partial charge in [-0.3, -0.25) is 9.69 Å². The number of carbonyl (C=O) groups excluding carboxylic acids is 1. The maximum atomic E-state index is 15.0. The Morgan fingerprint density at radius 2 is 1.88 bits per heavy atom. The molecule has 0 amide bonds. The Hall–Kier alpha value is -2.89. The van der Waals surface area contributed by atoms with Crippen LogP contribution < -0.4 is 0 Å². The number of likely N-dealkylation sites (tertiary alicyclic amines) is 1. The summed E-state index contributed by atoms with van der Waals surface area (Å²) in [5.74, 6) is -2.21. The molecular formula is C28H28F2NO2. The minimum Gasteiger partial charge on any atom is -0.395 e. The van der Waals surface area contributed by atoms with E-state index in [4.69, 9.17) is 0 Å². The van der Waals surface area contributed by atoms with Gasteiger partial charge in [-0.2, -0.15) is 0 Å². The zero-order chi connectivity index (χ0) is 23.5. The van der Waals surface area contributed by atoms with Crippen LogP contribution in [0, 0.1) is 37.5 Å². The standard InChI is InChI=1S/C28H28F2NO2/c1-18-7-5-11-22(19(18)2)27-24(23-10-3-4-12-26(23)30)16-31(13-14-32)17-25(27)28(33)20-8-6-9-21(29)15-20/h3-9,11-12,15,24-25,27,32H,13-14,16-17H2,1-2H3/t24-,25+,27+/m1/s1. The van der Waals surface area contributed by atoms with E-state index < -0.39 is 11.7 Å². The Morgan fingerprint density at radius 1 is 1.09 bits per heavy atom. The lowest BCUT2D eigenvalue weighted by Gasteiger charge is -2.44. The normalized spacial score (nSPS) is 21.2. The van der Waals surface area contributed by atoms with Crippen LogP contribution in [-0.4, -0.2) is 42.0 Å². The molecule has 1 fully saturated rings. The van der Waals surface area contributed by atoms with E-state index >= 15 is 4.39 Å². The third-order valence-corrected chi connectivity index (χ3v) is 6.85. The van der Waals surface area contributed by atoms with Gasteiger partial charge in [0.1, 0.15) is 11.6 Å². The van der Waals surface area contributed by atoms with Crippen LogP contribution in [0.4, 0.5) is 8.78 Å². The first-order valence-electron chi connectivity index (χ1n) is 11.3. The molecule has 1 aliphatic rings. The number of Topliss-reactive ketones (excluding diaryl/α,β-unsaturated/α-hetero) is 1. The molecule has 0 spiro atoms. The Morgan fingerprint density at radius 3 is 2.61 bits per heavy atom. The molecule has 3 atom stereocenters. The molecule has 1 N–H and O–H groups in total. The highest BCUT2D eigenvalue weighted by molar-refractivity contribution is 5.98. The third kappa shape index (κ3) is 4.75. The molecule has 1 saturated heterocycles. The number of piperidine rings is 1. The molecule has 0 aromatic heterocycles. The molecule has 33 heavy (non-hydrogen) atoms. The van der Waals surface area contributed by atoms with Gasteiger partial charge in [0.25, 0.3) is 0 Å². The lowest BCUT2D eigenvalue weighted by atomic mass is 9.67. The summed E-state index contributed by atoms with van der Waals surface area (Å²) in [6, 6.07) is 19.5. The van der Waals surface area contributed by atoms with Crippen LogP contribution in [0.5, 0.6) is 0 Å². The molecule has 0 saturated carbocycles. The number of hydrogen-bond donors (Lipinski definition) is 1. The first-order chi connectivity index (χ1) is 15.9. The molecule has 3 nitrogen and oxygen atoms in total. The highest BCUT2D eigenvalue weighted by Crippen LogP contribution is 2.46. The number of rotatable bonds is 6. The highest BCUT2D eigenvalue weighted by atomic mass is 19.1. The van der Waals surface area contributed by atoms with Crippen molar-refractivity contribution < 1.29 is 18.7 Å². The van der Waals surface area contributed by atoms with Crippen molar-refractivity contribution in [2.24, 2.45) is 5.92 Å². The summed E-state index contributed by atoms with van der Waals surface area (Å²) in [7, 11) is 0. The number of aliphatic hydroxyl groups excluding tert-OH is 1. The van der Waals surface area contributed by atoms with Gasteiger partial charge in [0, 0.05) is 48.5 Å². The third-order valence-electron chi connectivity index (χ3n) is 6.85. The molecule has 171 valence electrons. The lowest BCUT2D eigenvalue weighted by Crippen LogP contribution is -2.48. The quantitative estimate of drug-likeness (QED) is 0.536. The zero-order valence-corrected chi connectivity index (χ0v) is 18.9. The molecule has 4 rings (SSSR count). The van der Waals surface area contributed by atoms with Crippen molar-refractivity contribution >= 4 is 5.78 Å². The lowest BCUT2D eigenvalue weighted by molar-refractivity contribution is 0.0696. The van der Waals surface area contributed by atoms with Crippen LogP contribution in [0.15, 0.2) is 60.7 Å². The molecule has 0 aliphatic carbocycles. The fourth-order valence-corrected chi connectivity index (χ4v) is 5.12. The summed E-state index contributed by atoms with van der Waals surface area (Å²) in [5, 5.41) is 9.61. The minimum atomic E-state index is -0.536. The fraction of sp³-hybridized carbons (Fsp3) is 0.321. The molecule has 0 unspecified atom stereocenters. The molecule has 3 aromatic carbocycles. The summed E-state index contributed by atoms with van der Waals surface area (Å²) in [4.78, 5) is 15.8. The van der Waals surface area contributed by atoms with E-state index in [1.807, 2.05) is 36.9 Å². The summed E-state index contributed by atoms with van der Waals surface area (Å²) in [6.45, 7) is 5.24. The summed E-state index contributed by atoms with van der Waals surface area (Å²) in [5.41, 5.74) is 3.89. The van der Waals surface area contributed by atoms with Gasteiger partial charge in [-0.25, -0.2) is 8.78 Å². The number of halogens is 2. The fourth-order valence-electron chi connectivity index (χ4n) is 5.12. The molecule has 1 aliphatic heterocycles. The van der Waals surface area contributed by atoms with E-state index in [-0.39, 0.29) is 30.0 Å². The van der Waals surface area contributed by atoms with Gasteiger partial charge in [0.15, 0.2) is 5.78 Å². The van der Waals surface area contributed by atoms with Crippen LogP contribution in [0.3, 0.4) is 0 Å². The average Bonchev–Trinajstić information content (AvgIpc) is 2.81. The van der Waals surface area contributed by atoms with E-state index in [2.05, 4.69) is 6.07 Å². The van der Waals surface area contributed by atoms with Gasteiger partial charge in [-0.1, -0.05) is 42.5 Å². The van der Waals surface area contributed by atoms with Gasteiger partial charge in [0.2, 0.25) is 0 Å². The Labute approximate surface area is 193 Å². The predicted molar refractivity (Wildman–Crippen MR) is 124 cm³/mol. The summed E-state index contributed by atoms with van der Waals surface area (Å²) < 4.78 is 29.0. The molecular weight excluding hydrogens is 420 g/mol. The van der Waals surface area contributed by atoms with Gasteiger partial charge in [0.05, 0.1) is 6.61 Å². The number of nitrogens with zero attached hydrogens (tertiary/aromatic N) is 1. The maximum absolute atomic E-state index is 15.0. The van der Waals surface area contributed by atoms with Crippen molar-refractivity contribution in [1.82, 2.24) is 4.90 Å². The Kier molecular flexibility index (Phi) is 7.01. The van der Waals surface area contributed by atoms with Crippen LogP contribution in [-0.2, 0) is 0 Å². The van der Waals surface area contributed by atoms with E-state index in [0.717, 1.165) is 16.7 Å². The largest absolute Gasteiger partial charge is 0.395 e. The Bertz CT molecular complexity index is 1150. The van der Waals surface area contributed by atoms with Crippen molar-refractivity contribution in [3.05, 3.63) is 106 Å². The van der Waals surface area contributed by atoms with Crippen LogP contribution >= 0.6 is 0 Å². The number of β-amino-alcohol motifs (C(OH)–C–C–N with tert-alkyl or cyclic N) is 1. The second-order valence-electron chi connectivity index (χ2n) is 8.82. The zero-order valence-electron chi connectivity index (χ0n) is 18.9. The minimum absolute atomic E-state index is 0.0667. The van der Waals surface area contributed by atoms with Crippen molar-refractivity contribution in [3.63, 3.8) is 0 Å². The Balaban J connectivity index is 1.89. The van der Waals surface area contributed by atoms with Crippen LogP contribution in [0.2, 0.25) is 0 Å². The topological polar surface area (TPSA) is 40.5 Å². The predicted octanol–water partition coefficient (Wildman–Crippen LogP) is 5.06.